The van der Waals surface area contributed by atoms with E-state index < -0.39 is 0 Å². The van der Waals surface area contributed by atoms with E-state index in [4.69, 9.17) is 27.3 Å². The van der Waals surface area contributed by atoms with Crippen molar-refractivity contribution in [3.63, 3.8) is 0 Å². The van der Waals surface area contributed by atoms with Gasteiger partial charge in [-0.15, -0.1) is 0 Å². The second-order valence-electron chi connectivity index (χ2n) is 4.22. The smallest absolute Gasteiger partial charge is 0.142 e. The average Bonchev–Trinajstić information content (AvgIpc) is 2.43. The van der Waals surface area contributed by atoms with Crippen LogP contribution in [-0.2, 0) is 6.42 Å². The summed E-state index contributed by atoms with van der Waals surface area (Å²) in [7, 11) is 1.60. The maximum atomic E-state index is 8.78. The first-order valence-corrected chi connectivity index (χ1v) is 6.37. The van der Waals surface area contributed by atoms with Crippen LogP contribution in [0.3, 0.4) is 0 Å². The number of nitrogens with two attached hydrogens (primary N) is 1. The lowest BCUT2D eigenvalue weighted by molar-refractivity contribution is 0.417. The topological polar surface area (TPSA) is 71.1 Å². The molecule has 0 spiro atoms. The van der Waals surface area contributed by atoms with Gasteiger partial charge in [-0.25, -0.2) is 0 Å². The van der Waals surface area contributed by atoms with Gasteiger partial charge in [0.15, 0.2) is 0 Å². The monoisotopic (exact) mass is 287 g/mol. The van der Waals surface area contributed by atoms with Crippen LogP contribution in [-0.4, -0.2) is 7.11 Å². The maximum absolute atomic E-state index is 8.78. The van der Waals surface area contributed by atoms with E-state index in [-0.39, 0.29) is 6.42 Å². The number of nitrogen functional groups attached to an aromatic ring is 1. The third-order valence-electron chi connectivity index (χ3n) is 2.85. The maximum Gasteiger partial charge on any atom is 0.142 e. The lowest BCUT2D eigenvalue weighted by atomic mass is 10.1. The van der Waals surface area contributed by atoms with Crippen molar-refractivity contribution in [1.29, 1.82) is 5.26 Å². The Labute approximate surface area is 122 Å². The minimum atomic E-state index is 0.272. The molecule has 0 fully saturated rings. The summed E-state index contributed by atoms with van der Waals surface area (Å²) in [5.41, 5.74) is 8.80. The molecule has 20 heavy (non-hydrogen) atoms. The second kappa shape index (κ2) is 6.18. The molecule has 2 rings (SSSR count). The Morgan fingerprint density at radius 2 is 2.10 bits per heavy atom. The first-order chi connectivity index (χ1) is 9.63. The normalized spacial score (nSPS) is 9.85. The molecule has 0 aliphatic heterocycles. The van der Waals surface area contributed by atoms with Crippen LogP contribution < -0.4 is 15.8 Å². The number of nitriles is 1. The van der Waals surface area contributed by atoms with Gasteiger partial charge in [-0.05, 0) is 42.0 Å². The number of hydrogen-bond donors (Lipinski definition) is 2. The van der Waals surface area contributed by atoms with Crippen molar-refractivity contribution >= 4 is 28.7 Å². The lowest BCUT2D eigenvalue weighted by Gasteiger charge is -2.13. The molecule has 5 heteroatoms. The Hall–Kier alpha value is -2.38. The quantitative estimate of drug-likeness (QED) is 0.840. The van der Waals surface area contributed by atoms with Gasteiger partial charge in [-0.3, -0.25) is 0 Å². The Kier molecular flexibility index (Phi) is 4.34. The number of rotatable bonds is 4. The molecule has 102 valence electrons. The zero-order chi connectivity index (χ0) is 14.5. The molecule has 0 atom stereocenters. The highest BCUT2D eigenvalue weighted by Gasteiger charge is 2.06. The summed E-state index contributed by atoms with van der Waals surface area (Å²) in [4.78, 5) is 0. The number of benzene rings is 2. The van der Waals surface area contributed by atoms with Crippen molar-refractivity contribution in [3.05, 3.63) is 47.0 Å². The molecule has 2 aromatic carbocycles. The van der Waals surface area contributed by atoms with Crippen LogP contribution in [0.2, 0.25) is 5.02 Å². The van der Waals surface area contributed by atoms with Gasteiger partial charge in [0.25, 0.3) is 0 Å². The van der Waals surface area contributed by atoms with E-state index in [0.717, 1.165) is 16.9 Å². The summed E-state index contributed by atoms with van der Waals surface area (Å²) in [6.45, 7) is 0. The molecule has 0 unspecified atom stereocenters. The van der Waals surface area contributed by atoms with Crippen molar-refractivity contribution in [2.24, 2.45) is 0 Å². The zero-order valence-corrected chi connectivity index (χ0v) is 11.7. The molecule has 0 saturated carbocycles. The summed E-state index contributed by atoms with van der Waals surface area (Å²) < 4.78 is 5.28. The van der Waals surface area contributed by atoms with Crippen LogP contribution in [0.1, 0.15) is 5.56 Å². The largest absolute Gasteiger partial charge is 0.495 e. The van der Waals surface area contributed by atoms with Gasteiger partial charge in [0, 0.05) is 16.4 Å². The number of ether oxygens (including phenoxy) is 1. The van der Waals surface area contributed by atoms with Crippen LogP contribution in [0.4, 0.5) is 17.1 Å². The third kappa shape index (κ3) is 3.14. The fourth-order valence-corrected chi connectivity index (χ4v) is 2.03. The highest BCUT2D eigenvalue weighted by atomic mass is 35.5. The number of nitrogens with zero attached hydrogens (tertiary/aromatic N) is 1. The Balaban J connectivity index is 2.33. The highest BCUT2D eigenvalue weighted by molar-refractivity contribution is 6.31. The van der Waals surface area contributed by atoms with Crippen molar-refractivity contribution in [2.45, 2.75) is 6.42 Å². The van der Waals surface area contributed by atoms with Gasteiger partial charge in [-0.2, -0.15) is 5.26 Å². The van der Waals surface area contributed by atoms with Crippen LogP contribution in [0.25, 0.3) is 0 Å². The number of anilines is 3. The predicted octanol–water partition coefficient (Wildman–Crippen LogP) is 3.74. The van der Waals surface area contributed by atoms with E-state index in [1.54, 1.807) is 31.4 Å². The van der Waals surface area contributed by atoms with Crippen LogP contribution in [0, 0.1) is 11.3 Å². The summed E-state index contributed by atoms with van der Waals surface area (Å²) in [5.74, 6) is 0.688. The van der Waals surface area contributed by atoms with Gasteiger partial charge in [0.1, 0.15) is 5.75 Å². The van der Waals surface area contributed by atoms with Gasteiger partial charge in [-0.1, -0.05) is 11.6 Å². The highest BCUT2D eigenvalue weighted by Crippen LogP contribution is 2.31. The van der Waals surface area contributed by atoms with Crippen LogP contribution in [0.5, 0.6) is 5.75 Å². The summed E-state index contributed by atoms with van der Waals surface area (Å²) in [5, 5.41) is 12.6. The van der Waals surface area contributed by atoms with E-state index in [2.05, 4.69) is 11.4 Å². The first kappa shape index (κ1) is 14.0. The molecule has 0 saturated heterocycles. The summed E-state index contributed by atoms with van der Waals surface area (Å²) in [6, 6.07) is 12.9. The van der Waals surface area contributed by atoms with Crippen LogP contribution >= 0.6 is 11.6 Å². The molecular weight excluding hydrogens is 274 g/mol. The Morgan fingerprint density at radius 1 is 1.30 bits per heavy atom. The Bertz CT molecular complexity index is 665. The third-order valence-corrected chi connectivity index (χ3v) is 3.09. The minimum Gasteiger partial charge on any atom is -0.495 e. The Morgan fingerprint density at radius 3 is 2.80 bits per heavy atom. The molecule has 0 aliphatic carbocycles. The van der Waals surface area contributed by atoms with E-state index in [1.165, 1.54) is 0 Å². The number of methoxy groups -OCH3 is 1. The van der Waals surface area contributed by atoms with E-state index in [9.17, 15) is 0 Å². The number of nitrogens with one attached hydrogen (secondary N) is 1. The molecule has 0 aliphatic rings. The van der Waals surface area contributed by atoms with Gasteiger partial charge >= 0.3 is 0 Å². The molecule has 0 bridgehead atoms. The van der Waals surface area contributed by atoms with Crippen LogP contribution in [0.15, 0.2) is 36.4 Å². The van der Waals surface area contributed by atoms with Crippen molar-refractivity contribution in [1.82, 2.24) is 0 Å². The molecule has 0 heterocycles. The molecule has 4 nitrogen and oxygen atoms in total. The van der Waals surface area contributed by atoms with E-state index in [1.807, 2.05) is 12.1 Å². The van der Waals surface area contributed by atoms with E-state index in [0.29, 0.717) is 16.5 Å². The van der Waals surface area contributed by atoms with E-state index >= 15 is 0 Å². The molecule has 3 N–H and O–H groups in total. The fraction of sp³-hybridized carbons (Fsp3) is 0.133. The molecular formula is C15H14ClN3O. The predicted molar refractivity (Wildman–Crippen MR) is 81.5 cm³/mol. The standard InChI is InChI=1S/C15H14ClN3O/c1-20-15-5-2-11(16)9-14(15)19-12-3-4-13(18)10(8-12)6-7-17/h2-5,8-9,19H,6,18H2,1H3. The van der Waals surface area contributed by atoms with Crippen molar-refractivity contribution < 1.29 is 4.74 Å². The average molecular weight is 288 g/mol. The molecule has 2 aromatic rings. The van der Waals surface area contributed by atoms with Crippen molar-refractivity contribution in [3.8, 4) is 11.8 Å². The minimum absolute atomic E-state index is 0.272. The SMILES string of the molecule is COc1ccc(Cl)cc1Nc1ccc(N)c(CC#N)c1. The van der Waals surface area contributed by atoms with Crippen molar-refractivity contribution in [2.75, 3.05) is 18.2 Å². The molecule has 0 amide bonds. The van der Waals surface area contributed by atoms with Gasteiger partial charge in [0.2, 0.25) is 0 Å². The number of halogens is 1. The second-order valence-corrected chi connectivity index (χ2v) is 4.65. The first-order valence-electron chi connectivity index (χ1n) is 6.00. The summed E-state index contributed by atoms with van der Waals surface area (Å²) in [6.07, 6.45) is 0.272. The lowest BCUT2D eigenvalue weighted by Crippen LogP contribution is -1.98. The summed E-state index contributed by atoms with van der Waals surface area (Å²) >= 11 is 5.99. The molecule has 0 aromatic heterocycles. The van der Waals surface area contributed by atoms with Gasteiger partial charge in [0.05, 0.1) is 25.3 Å². The van der Waals surface area contributed by atoms with Gasteiger partial charge < -0.3 is 15.8 Å². The molecule has 0 radical (unpaired) electrons. The fourth-order valence-electron chi connectivity index (χ4n) is 1.86. The zero-order valence-electron chi connectivity index (χ0n) is 11.0. The number of hydrogen-bond acceptors (Lipinski definition) is 4.